The van der Waals surface area contributed by atoms with Crippen molar-refractivity contribution in [2.45, 2.75) is 19.0 Å². The van der Waals surface area contributed by atoms with E-state index in [1.54, 1.807) is 0 Å². The molecule has 0 saturated heterocycles. The van der Waals surface area contributed by atoms with Crippen molar-refractivity contribution in [1.29, 1.82) is 0 Å². The summed E-state index contributed by atoms with van der Waals surface area (Å²) in [6.07, 6.45) is 0. The third-order valence-corrected chi connectivity index (χ3v) is 5.02. The predicted molar refractivity (Wildman–Crippen MR) is 107 cm³/mol. The number of rotatable bonds is 5. The van der Waals surface area contributed by atoms with E-state index in [2.05, 4.69) is 59.9 Å². The van der Waals surface area contributed by atoms with Crippen molar-refractivity contribution in [3.63, 3.8) is 0 Å². The Bertz CT molecular complexity index is 995. The van der Waals surface area contributed by atoms with Gasteiger partial charge in [-0.2, -0.15) is 0 Å². The van der Waals surface area contributed by atoms with E-state index in [0.29, 0.717) is 6.54 Å². The zero-order valence-electron chi connectivity index (χ0n) is 14.1. The van der Waals surface area contributed by atoms with E-state index in [1.807, 2.05) is 6.92 Å². The molecule has 0 saturated carbocycles. The monoisotopic (exact) mass is 355 g/mol. The third-order valence-electron chi connectivity index (χ3n) is 5.02. The van der Waals surface area contributed by atoms with Crippen molar-refractivity contribution in [2.75, 3.05) is 13.2 Å². The highest BCUT2D eigenvalue weighted by molar-refractivity contribution is 6.23. The lowest BCUT2D eigenvalue weighted by molar-refractivity contribution is 0.103. The lowest BCUT2D eigenvalue weighted by atomic mass is 9.91. The van der Waals surface area contributed by atoms with E-state index in [0.717, 1.165) is 0 Å². The van der Waals surface area contributed by atoms with E-state index in [9.17, 15) is 10.2 Å². The van der Waals surface area contributed by atoms with Gasteiger partial charge in [0.1, 0.15) is 0 Å². The first-order chi connectivity index (χ1) is 11.6. The fraction of sp³-hybridized carbons (Fsp3) is 0.238. The van der Waals surface area contributed by atoms with Gasteiger partial charge >= 0.3 is 0 Å². The van der Waals surface area contributed by atoms with E-state index < -0.39 is 5.54 Å². The molecule has 0 aliphatic rings. The first-order valence-corrected chi connectivity index (χ1v) is 8.27. The van der Waals surface area contributed by atoms with Crippen molar-refractivity contribution in [3.05, 3.63) is 60.2 Å². The number of halogens is 1. The molecule has 0 aliphatic carbocycles. The summed E-state index contributed by atoms with van der Waals surface area (Å²) in [5, 5.41) is 29.8. The molecule has 0 aliphatic heterocycles. The Labute approximate surface area is 153 Å². The van der Waals surface area contributed by atoms with E-state index in [-0.39, 0.29) is 25.6 Å². The van der Waals surface area contributed by atoms with Crippen LogP contribution in [0.1, 0.15) is 12.5 Å². The quantitative estimate of drug-likeness (QED) is 0.477. The summed E-state index contributed by atoms with van der Waals surface area (Å²) in [5.41, 5.74) is 0.498. The van der Waals surface area contributed by atoms with Crippen LogP contribution in [0.5, 0.6) is 0 Å². The minimum absolute atomic E-state index is 0. The van der Waals surface area contributed by atoms with Crippen LogP contribution in [0.3, 0.4) is 0 Å². The van der Waals surface area contributed by atoms with Gasteiger partial charge in [0.05, 0.1) is 18.8 Å². The average Bonchev–Trinajstić information content (AvgIpc) is 2.64. The number of nitrogens with one attached hydrogen (secondary N) is 1. The predicted octanol–water partition coefficient (Wildman–Crippen LogP) is 3.84. The lowest BCUT2D eigenvalue weighted by Gasteiger charge is -2.27. The second kappa shape index (κ2) is 6.77. The standard InChI is InChI=1S/C21H21NO2.ClH/c1-21(12-23,13-24)22-11-17-8-7-16-6-5-14-3-2-4-15-9-10-18(17)20(16)19(14)15;/h2-10,22-24H,11-13H2,1H3;1H. The van der Waals surface area contributed by atoms with Gasteiger partial charge in [-0.3, -0.25) is 0 Å². The van der Waals surface area contributed by atoms with Crippen molar-refractivity contribution < 1.29 is 10.2 Å². The number of hydrogen-bond donors (Lipinski definition) is 3. The van der Waals surface area contributed by atoms with Gasteiger partial charge in [0, 0.05) is 6.54 Å². The SMILES string of the molecule is CC(CO)(CO)NCc1ccc2ccc3cccc4ccc1c2c34.Cl. The van der Waals surface area contributed by atoms with Crippen LogP contribution in [-0.4, -0.2) is 29.0 Å². The molecule has 25 heavy (non-hydrogen) atoms. The molecule has 0 radical (unpaired) electrons. The Balaban J connectivity index is 0.00000182. The summed E-state index contributed by atoms with van der Waals surface area (Å²) in [7, 11) is 0. The molecule has 0 heterocycles. The molecule has 130 valence electrons. The molecule has 0 amide bonds. The number of hydrogen-bond acceptors (Lipinski definition) is 3. The summed E-state index contributed by atoms with van der Waals surface area (Å²) < 4.78 is 0. The Kier molecular flexibility index (Phi) is 4.85. The Morgan fingerprint density at radius 3 is 2.00 bits per heavy atom. The normalized spacial score (nSPS) is 12.1. The van der Waals surface area contributed by atoms with Gasteiger partial charge in [0.15, 0.2) is 0 Å². The highest BCUT2D eigenvalue weighted by Gasteiger charge is 2.21. The van der Waals surface area contributed by atoms with Gasteiger partial charge in [-0.1, -0.05) is 54.6 Å². The summed E-state index contributed by atoms with van der Waals surface area (Å²) in [6.45, 7) is 2.22. The van der Waals surface area contributed by atoms with Gasteiger partial charge < -0.3 is 15.5 Å². The molecule has 4 rings (SSSR count). The molecule has 0 unspecified atom stereocenters. The molecule has 0 fully saturated rings. The first kappa shape index (κ1) is 17.9. The highest BCUT2D eigenvalue weighted by atomic mass is 35.5. The summed E-state index contributed by atoms with van der Waals surface area (Å²) >= 11 is 0. The van der Waals surface area contributed by atoms with Gasteiger partial charge in [-0.25, -0.2) is 0 Å². The Morgan fingerprint density at radius 1 is 0.800 bits per heavy atom. The van der Waals surface area contributed by atoms with E-state index in [4.69, 9.17) is 0 Å². The number of aliphatic hydroxyl groups excluding tert-OH is 2. The molecular weight excluding hydrogens is 334 g/mol. The van der Waals surface area contributed by atoms with Crippen LogP contribution in [0.4, 0.5) is 0 Å². The van der Waals surface area contributed by atoms with E-state index >= 15 is 0 Å². The van der Waals surface area contributed by atoms with Crippen LogP contribution in [0.15, 0.2) is 54.6 Å². The van der Waals surface area contributed by atoms with E-state index in [1.165, 1.54) is 37.9 Å². The molecular formula is C21H22ClNO2. The maximum Gasteiger partial charge on any atom is 0.0633 e. The van der Waals surface area contributed by atoms with Crippen LogP contribution >= 0.6 is 12.4 Å². The van der Waals surface area contributed by atoms with Crippen molar-refractivity contribution in [1.82, 2.24) is 5.32 Å². The minimum atomic E-state index is -0.677. The maximum atomic E-state index is 9.48. The second-order valence-electron chi connectivity index (χ2n) is 6.81. The summed E-state index contributed by atoms with van der Waals surface area (Å²) in [6, 6.07) is 19.4. The Hall–Kier alpha value is -1.91. The summed E-state index contributed by atoms with van der Waals surface area (Å²) in [5.74, 6) is 0. The second-order valence-corrected chi connectivity index (χ2v) is 6.81. The van der Waals surface area contributed by atoms with Gasteiger partial charge in [-0.15, -0.1) is 12.4 Å². The molecule has 3 N–H and O–H groups in total. The smallest absolute Gasteiger partial charge is 0.0633 e. The summed E-state index contributed by atoms with van der Waals surface area (Å²) in [4.78, 5) is 0. The van der Waals surface area contributed by atoms with Crippen molar-refractivity contribution >= 4 is 44.7 Å². The fourth-order valence-corrected chi connectivity index (χ4v) is 3.42. The van der Waals surface area contributed by atoms with Crippen LogP contribution < -0.4 is 5.32 Å². The zero-order chi connectivity index (χ0) is 16.7. The molecule has 0 spiro atoms. The van der Waals surface area contributed by atoms with Gasteiger partial charge in [0.2, 0.25) is 0 Å². The van der Waals surface area contributed by atoms with Crippen LogP contribution in [-0.2, 0) is 6.54 Å². The minimum Gasteiger partial charge on any atom is -0.394 e. The fourth-order valence-electron chi connectivity index (χ4n) is 3.42. The third kappa shape index (κ3) is 2.94. The number of benzene rings is 4. The van der Waals surface area contributed by atoms with Crippen LogP contribution in [0, 0.1) is 0 Å². The molecule has 0 bridgehead atoms. The lowest BCUT2D eigenvalue weighted by Crippen LogP contribution is -2.48. The van der Waals surface area contributed by atoms with Gasteiger partial charge in [0.25, 0.3) is 0 Å². The maximum absolute atomic E-state index is 9.48. The zero-order valence-corrected chi connectivity index (χ0v) is 14.9. The average molecular weight is 356 g/mol. The highest BCUT2D eigenvalue weighted by Crippen LogP contribution is 2.35. The molecule has 0 atom stereocenters. The number of aliphatic hydroxyl groups is 2. The van der Waals surface area contributed by atoms with Crippen LogP contribution in [0.2, 0.25) is 0 Å². The molecule has 4 heteroatoms. The first-order valence-electron chi connectivity index (χ1n) is 8.27. The molecule has 3 nitrogen and oxygen atoms in total. The topological polar surface area (TPSA) is 52.5 Å². The Morgan fingerprint density at radius 2 is 1.36 bits per heavy atom. The van der Waals surface area contributed by atoms with Crippen molar-refractivity contribution in [2.24, 2.45) is 0 Å². The van der Waals surface area contributed by atoms with Gasteiger partial charge in [-0.05, 0) is 44.8 Å². The molecule has 4 aromatic carbocycles. The van der Waals surface area contributed by atoms with Crippen molar-refractivity contribution in [3.8, 4) is 0 Å². The molecule has 0 aromatic heterocycles. The van der Waals surface area contributed by atoms with Crippen LogP contribution in [0.25, 0.3) is 32.3 Å². The molecule has 4 aromatic rings. The largest absolute Gasteiger partial charge is 0.394 e.